The van der Waals surface area contributed by atoms with Gasteiger partial charge in [-0.3, -0.25) is 5.10 Å². The summed E-state index contributed by atoms with van der Waals surface area (Å²) in [5.74, 6) is 0. The van der Waals surface area contributed by atoms with E-state index in [1.165, 1.54) is 0 Å². The highest BCUT2D eigenvalue weighted by Gasteiger charge is 2.28. The first-order chi connectivity index (χ1) is 9.97. The summed E-state index contributed by atoms with van der Waals surface area (Å²) < 4.78 is 32.9. The van der Waals surface area contributed by atoms with Crippen LogP contribution in [0.5, 0.6) is 0 Å². The summed E-state index contributed by atoms with van der Waals surface area (Å²) in [6.07, 6.45) is 2.96. The Hall–Kier alpha value is -0.960. The van der Waals surface area contributed by atoms with Gasteiger partial charge in [0.2, 0.25) is 10.0 Å². The number of sulfonamides is 1. The Morgan fingerprint density at radius 1 is 1.48 bits per heavy atom. The third kappa shape index (κ3) is 4.26. The Morgan fingerprint density at radius 2 is 2.19 bits per heavy atom. The van der Waals surface area contributed by atoms with Crippen LogP contribution in [0.4, 0.5) is 0 Å². The third-order valence-electron chi connectivity index (χ3n) is 3.55. The van der Waals surface area contributed by atoms with Crippen molar-refractivity contribution < 1.29 is 13.2 Å². The second kappa shape index (κ2) is 6.87. The molecule has 1 heterocycles. The van der Waals surface area contributed by atoms with Crippen LogP contribution in [0.25, 0.3) is 0 Å². The van der Waals surface area contributed by atoms with E-state index in [1.807, 2.05) is 6.92 Å². The molecule has 0 aliphatic heterocycles. The molecule has 1 aliphatic rings. The topological polar surface area (TPSA) is 96.1 Å². The minimum Gasteiger partial charge on any atom is -0.383 e. The second-order valence-electron chi connectivity index (χ2n) is 5.46. The lowest BCUT2D eigenvalue weighted by molar-refractivity contribution is 0.173. The first-order valence-corrected chi connectivity index (χ1v) is 8.74. The van der Waals surface area contributed by atoms with Crippen molar-refractivity contribution in [2.45, 2.75) is 56.6 Å². The highest BCUT2D eigenvalue weighted by atomic mass is 32.2. The Balaban J connectivity index is 2.15. The van der Waals surface area contributed by atoms with Crippen LogP contribution >= 0.6 is 0 Å². The largest absolute Gasteiger partial charge is 0.383 e. The second-order valence-corrected chi connectivity index (χ2v) is 7.11. The Bertz CT molecular complexity index is 566. The smallest absolute Gasteiger partial charge is 0.244 e. The first-order valence-electron chi connectivity index (χ1n) is 7.26. The maximum Gasteiger partial charge on any atom is 0.244 e. The average molecular weight is 316 g/mol. The summed E-state index contributed by atoms with van der Waals surface area (Å²) in [7, 11) is -2.04. The summed E-state index contributed by atoms with van der Waals surface area (Å²) in [6.45, 7) is 4.46. The number of nitrogens with one attached hydrogen (secondary N) is 3. The normalized spacial score (nSPS) is 17.1. The SMILES string of the molecule is CCC(COC)NS(=O)(=O)c1c(CNC2CC2)n[nH]c1C. The van der Waals surface area contributed by atoms with Gasteiger partial charge >= 0.3 is 0 Å². The van der Waals surface area contributed by atoms with Crippen LogP contribution in [-0.2, 0) is 21.3 Å². The van der Waals surface area contributed by atoms with E-state index in [1.54, 1.807) is 14.0 Å². The maximum absolute atomic E-state index is 12.6. The van der Waals surface area contributed by atoms with Gasteiger partial charge in [-0.1, -0.05) is 6.92 Å². The number of hydrogen-bond acceptors (Lipinski definition) is 5. The van der Waals surface area contributed by atoms with E-state index in [0.717, 1.165) is 12.8 Å². The van der Waals surface area contributed by atoms with Gasteiger partial charge in [0.15, 0.2) is 0 Å². The lowest BCUT2D eigenvalue weighted by Crippen LogP contribution is -2.38. The zero-order chi connectivity index (χ0) is 15.5. The van der Waals surface area contributed by atoms with Gasteiger partial charge in [0, 0.05) is 25.7 Å². The molecule has 0 saturated heterocycles. The van der Waals surface area contributed by atoms with E-state index < -0.39 is 10.0 Å². The van der Waals surface area contributed by atoms with Gasteiger partial charge in [0.05, 0.1) is 18.0 Å². The fourth-order valence-corrected chi connectivity index (χ4v) is 3.86. The summed E-state index contributed by atoms with van der Waals surface area (Å²) in [4.78, 5) is 0.255. The first kappa shape index (κ1) is 16.4. The van der Waals surface area contributed by atoms with Crippen LogP contribution < -0.4 is 10.0 Å². The molecule has 0 aromatic carbocycles. The Kier molecular flexibility index (Phi) is 5.37. The van der Waals surface area contributed by atoms with Crippen LogP contribution in [0.2, 0.25) is 0 Å². The van der Waals surface area contributed by atoms with Crippen molar-refractivity contribution in [3.63, 3.8) is 0 Å². The molecule has 1 aromatic rings. The highest BCUT2D eigenvalue weighted by molar-refractivity contribution is 7.89. The molecule has 1 fully saturated rings. The number of aryl methyl sites for hydroxylation is 1. The number of nitrogens with zero attached hydrogens (tertiary/aromatic N) is 1. The number of methoxy groups -OCH3 is 1. The van der Waals surface area contributed by atoms with E-state index >= 15 is 0 Å². The molecule has 2 rings (SSSR count). The number of ether oxygens (including phenoxy) is 1. The van der Waals surface area contributed by atoms with Crippen molar-refractivity contribution in [1.82, 2.24) is 20.2 Å². The highest BCUT2D eigenvalue weighted by Crippen LogP contribution is 2.22. The molecule has 1 aromatic heterocycles. The molecular formula is C13H24N4O3S. The minimum atomic E-state index is -3.60. The molecule has 120 valence electrons. The summed E-state index contributed by atoms with van der Waals surface area (Å²) >= 11 is 0. The standard InChI is InChI=1S/C13H24N4O3S/c1-4-10(8-20-3)17-21(18,19)13-9(2)15-16-12(13)7-14-11-5-6-11/h10-11,14,17H,4-8H2,1-3H3,(H,15,16). The lowest BCUT2D eigenvalue weighted by atomic mass is 10.3. The molecule has 0 radical (unpaired) electrons. The van der Waals surface area contributed by atoms with Crippen LogP contribution in [-0.4, -0.2) is 44.4 Å². The van der Waals surface area contributed by atoms with E-state index in [9.17, 15) is 8.42 Å². The molecule has 0 amide bonds. The molecule has 8 heteroatoms. The zero-order valence-electron chi connectivity index (χ0n) is 12.8. The minimum absolute atomic E-state index is 0.237. The predicted molar refractivity (Wildman–Crippen MR) is 79.5 cm³/mol. The molecule has 7 nitrogen and oxygen atoms in total. The van der Waals surface area contributed by atoms with Crippen LogP contribution in [0, 0.1) is 6.92 Å². The third-order valence-corrected chi connectivity index (χ3v) is 5.27. The summed E-state index contributed by atoms with van der Waals surface area (Å²) in [5, 5.41) is 10.2. The van der Waals surface area contributed by atoms with Crippen molar-refractivity contribution >= 4 is 10.0 Å². The molecule has 3 N–H and O–H groups in total. The van der Waals surface area contributed by atoms with Crippen molar-refractivity contribution in [1.29, 1.82) is 0 Å². The van der Waals surface area contributed by atoms with E-state index in [-0.39, 0.29) is 10.9 Å². The van der Waals surface area contributed by atoms with Gasteiger partial charge in [-0.15, -0.1) is 0 Å². The van der Waals surface area contributed by atoms with Gasteiger partial charge in [0.25, 0.3) is 0 Å². The molecule has 1 aliphatic carbocycles. The molecule has 1 unspecified atom stereocenters. The van der Waals surface area contributed by atoms with Crippen molar-refractivity contribution in [2.24, 2.45) is 0 Å². The molecule has 0 spiro atoms. The molecule has 1 atom stereocenters. The van der Waals surface area contributed by atoms with Crippen LogP contribution in [0.3, 0.4) is 0 Å². The van der Waals surface area contributed by atoms with Crippen LogP contribution in [0.15, 0.2) is 4.90 Å². The average Bonchev–Trinajstić information content (AvgIpc) is 3.18. The quantitative estimate of drug-likeness (QED) is 0.622. The molecular weight excluding hydrogens is 292 g/mol. The molecule has 0 bridgehead atoms. The van der Waals surface area contributed by atoms with E-state index in [0.29, 0.717) is 37.0 Å². The number of aromatic amines is 1. The van der Waals surface area contributed by atoms with Crippen molar-refractivity contribution in [3.05, 3.63) is 11.4 Å². The maximum atomic E-state index is 12.6. The summed E-state index contributed by atoms with van der Waals surface area (Å²) in [5.41, 5.74) is 1.10. The fraction of sp³-hybridized carbons (Fsp3) is 0.769. The van der Waals surface area contributed by atoms with Gasteiger partial charge in [-0.2, -0.15) is 5.10 Å². The molecule has 1 saturated carbocycles. The van der Waals surface area contributed by atoms with E-state index in [4.69, 9.17) is 4.74 Å². The Labute approximate surface area is 125 Å². The Morgan fingerprint density at radius 3 is 2.76 bits per heavy atom. The fourth-order valence-electron chi connectivity index (χ4n) is 2.19. The zero-order valence-corrected chi connectivity index (χ0v) is 13.6. The molecule has 21 heavy (non-hydrogen) atoms. The summed E-state index contributed by atoms with van der Waals surface area (Å²) in [6, 6.07) is 0.265. The monoisotopic (exact) mass is 316 g/mol. The van der Waals surface area contributed by atoms with Gasteiger partial charge in [0.1, 0.15) is 4.90 Å². The number of aromatic nitrogens is 2. The number of H-pyrrole nitrogens is 1. The van der Waals surface area contributed by atoms with E-state index in [2.05, 4.69) is 20.2 Å². The van der Waals surface area contributed by atoms with Gasteiger partial charge in [-0.25, -0.2) is 13.1 Å². The van der Waals surface area contributed by atoms with Crippen LogP contribution in [0.1, 0.15) is 37.6 Å². The number of rotatable bonds is 9. The predicted octanol–water partition coefficient (Wildman–Crippen LogP) is 0.673. The number of hydrogen-bond donors (Lipinski definition) is 3. The van der Waals surface area contributed by atoms with Crippen molar-refractivity contribution in [2.75, 3.05) is 13.7 Å². The lowest BCUT2D eigenvalue weighted by Gasteiger charge is -2.16. The van der Waals surface area contributed by atoms with Gasteiger partial charge in [-0.05, 0) is 26.2 Å². The van der Waals surface area contributed by atoms with Crippen molar-refractivity contribution in [3.8, 4) is 0 Å². The van der Waals surface area contributed by atoms with Gasteiger partial charge < -0.3 is 10.1 Å².